The monoisotopic (exact) mass is 382 g/mol. The van der Waals surface area contributed by atoms with E-state index >= 15 is 0 Å². The van der Waals surface area contributed by atoms with Crippen molar-refractivity contribution in [1.82, 2.24) is 9.47 Å². The van der Waals surface area contributed by atoms with Crippen LogP contribution in [0.4, 0.5) is 14.5 Å². The van der Waals surface area contributed by atoms with Gasteiger partial charge in [-0.15, -0.1) is 0 Å². The number of aromatic nitrogens is 1. The highest BCUT2D eigenvalue weighted by atomic mass is 19.3. The molecule has 0 amide bonds. The van der Waals surface area contributed by atoms with Crippen molar-refractivity contribution in [2.45, 2.75) is 42.9 Å². The number of aliphatic hydroxyl groups is 2. The Hall–Kier alpha value is -1.78. The molecule has 2 saturated heterocycles. The van der Waals surface area contributed by atoms with Crippen LogP contribution in [0, 0.1) is 0 Å². The van der Waals surface area contributed by atoms with Gasteiger partial charge in [0.05, 0.1) is 12.1 Å². The number of fused-ring (bicyclic) bond motifs is 1. The van der Waals surface area contributed by atoms with Crippen LogP contribution in [0.2, 0.25) is 0 Å². The van der Waals surface area contributed by atoms with Gasteiger partial charge in [0.2, 0.25) is 0 Å². The molecule has 0 aliphatic carbocycles. The van der Waals surface area contributed by atoms with Gasteiger partial charge in [-0.25, -0.2) is 8.78 Å². The van der Waals surface area contributed by atoms with Crippen LogP contribution in [-0.4, -0.2) is 69.6 Å². The van der Waals surface area contributed by atoms with E-state index < -0.39 is 43.0 Å². The summed E-state index contributed by atoms with van der Waals surface area (Å²) in [5, 5.41) is 21.8. The standard InChI is InChI=1S/C18H24F2N4O3/c19-18(20)6-10(7-21)23(9-18)8-14-15(25)16(26)17(27-14)24-5-4-11-12(22)2-1-3-13(11)24/h1-5,10,14-17,25-26H,6-9,21-22H2/t10-,14+,15+,16+,17+/m0/s1. The van der Waals surface area contributed by atoms with Gasteiger partial charge in [0.1, 0.15) is 18.3 Å². The van der Waals surface area contributed by atoms with Crippen molar-refractivity contribution in [3.63, 3.8) is 0 Å². The Morgan fingerprint density at radius 1 is 1.22 bits per heavy atom. The summed E-state index contributed by atoms with van der Waals surface area (Å²) >= 11 is 0. The van der Waals surface area contributed by atoms with Crippen molar-refractivity contribution < 1.29 is 23.7 Å². The second-order valence-corrected chi connectivity index (χ2v) is 7.43. The molecule has 1 aromatic heterocycles. The first-order valence-electron chi connectivity index (χ1n) is 8.99. The Balaban J connectivity index is 1.55. The fraction of sp³-hybridized carbons (Fsp3) is 0.556. The minimum atomic E-state index is -2.81. The Kier molecular flexibility index (Phi) is 4.59. The average Bonchev–Trinajstić information content (AvgIpc) is 3.25. The highest BCUT2D eigenvalue weighted by molar-refractivity contribution is 5.91. The number of nitrogen functional groups attached to an aromatic ring is 1. The first-order chi connectivity index (χ1) is 12.8. The van der Waals surface area contributed by atoms with Gasteiger partial charge in [-0.05, 0) is 18.2 Å². The maximum Gasteiger partial charge on any atom is 0.262 e. The van der Waals surface area contributed by atoms with E-state index in [1.807, 2.05) is 12.1 Å². The molecule has 9 heteroatoms. The number of alkyl halides is 2. The lowest BCUT2D eigenvalue weighted by Crippen LogP contribution is -2.44. The van der Waals surface area contributed by atoms with Crippen LogP contribution in [0.3, 0.4) is 0 Å². The summed E-state index contributed by atoms with van der Waals surface area (Å²) in [4.78, 5) is 1.54. The predicted molar refractivity (Wildman–Crippen MR) is 96.3 cm³/mol. The van der Waals surface area contributed by atoms with Crippen LogP contribution in [0.5, 0.6) is 0 Å². The fourth-order valence-electron chi connectivity index (χ4n) is 4.19. The van der Waals surface area contributed by atoms with Crippen LogP contribution >= 0.6 is 0 Å². The highest BCUT2D eigenvalue weighted by Crippen LogP contribution is 2.37. The Morgan fingerprint density at radius 3 is 2.74 bits per heavy atom. The van der Waals surface area contributed by atoms with Crippen LogP contribution in [0.1, 0.15) is 12.6 Å². The fourth-order valence-corrected chi connectivity index (χ4v) is 4.19. The molecule has 148 valence electrons. The third kappa shape index (κ3) is 3.19. The molecule has 6 N–H and O–H groups in total. The van der Waals surface area contributed by atoms with E-state index in [9.17, 15) is 19.0 Å². The van der Waals surface area contributed by atoms with E-state index in [4.69, 9.17) is 16.2 Å². The molecule has 5 atom stereocenters. The summed E-state index contributed by atoms with van der Waals surface area (Å²) in [6.07, 6.45) is -2.58. The van der Waals surface area contributed by atoms with Gasteiger partial charge >= 0.3 is 0 Å². The summed E-state index contributed by atoms with van der Waals surface area (Å²) in [5.74, 6) is -2.81. The number of hydrogen-bond acceptors (Lipinski definition) is 6. The van der Waals surface area contributed by atoms with Gasteiger partial charge in [-0.2, -0.15) is 0 Å². The Labute approximate surface area is 155 Å². The number of benzene rings is 1. The predicted octanol–water partition coefficient (Wildman–Crippen LogP) is 0.511. The molecule has 3 heterocycles. The number of anilines is 1. The van der Waals surface area contributed by atoms with Crippen molar-refractivity contribution in [2.24, 2.45) is 5.73 Å². The molecular formula is C18H24F2N4O3. The topological polar surface area (TPSA) is 110 Å². The lowest BCUT2D eigenvalue weighted by Gasteiger charge is -2.26. The SMILES string of the molecule is NC[C@@H]1CC(F)(F)CN1C[C@H]1O[C@@H](n2ccc3c(N)cccc32)[C@H](O)[C@@H]1O. The number of aliphatic hydroxyl groups excluding tert-OH is 2. The zero-order valence-corrected chi connectivity index (χ0v) is 14.7. The summed E-state index contributed by atoms with van der Waals surface area (Å²) in [5.41, 5.74) is 12.9. The molecule has 1 aromatic carbocycles. The summed E-state index contributed by atoms with van der Waals surface area (Å²) in [6, 6.07) is 6.75. The first kappa shape index (κ1) is 18.6. The maximum absolute atomic E-state index is 13.7. The zero-order valence-electron chi connectivity index (χ0n) is 14.7. The molecule has 2 fully saturated rings. The van der Waals surface area contributed by atoms with Gasteiger partial charge in [-0.1, -0.05) is 6.07 Å². The highest BCUT2D eigenvalue weighted by Gasteiger charge is 2.49. The van der Waals surface area contributed by atoms with Crippen LogP contribution in [0.25, 0.3) is 10.9 Å². The molecule has 0 saturated carbocycles. The number of hydrogen-bond donors (Lipinski definition) is 4. The van der Waals surface area contributed by atoms with E-state index in [-0.39, 0.29) is 19.5 Å². The number of halogens is 2. The minimum absolute atomic E-state index is 0.0769. The van der Waals surface area contributed by atoms with E-state index in [2.05, 4.69) is 0 Å². The van der Waals surface area contributed by atoms with Gasteiger partial charge < -0.3 is 31.0 Å². The number of ether oxygens (including phenoxy) is 1. The maximum atomic E-state index is 13.7. The van der Waals surface area contributed by atoms with Crippen molar-refractivity contribution >= 4 is 16.6 Å². The van der Waals surface area contributed by atoms with E-state index in [1.54, 1.807) is 22.9 Å². The molecule has 0 bridgehead atoms. The largest absolute Gasteiger partial charge is 0.398 e. The van der Waals surface area contributed by atoms with Crippen molar-refractivity contribution in [2.75, 3.05) is 25.4 Å². The van der Waals surface area contributed by atoms with E-state index in [0.29, 0.717) is 5.69 Å². The normalized spacial score (nSPS) is 33.9. The number of rotatable bonds is 4. The third-order valence-corrected chi connectivity index (χ3v) is 5.58. The molecular weight excluding hydrogens is 358 g/mol. The average molecular weight is 382 g/mol. The lowest BCUT2D eigenvalue weighted by molar-refractivity contribution is -0.0482. The molecule has 2 aromatic rings. The molecule has 0 spiro atoms. The van der Waals surface area contributed by atoms with Crippen molar-refractivity contribution in [3.05, 3.63) is 30.5 Å². The summed E-state index contributed by atoms with van der Waals surface area (Å²) in [6.45, 7) is -0.245. The van der Waals surface area contributed by atoms with Gasteiger partial charge in [0, 0.05) is 42.8 Å². The van der Waals surface area contributed by atoms with Crippen LogP contribution < -0.4 is 11.5 Å². The Bertz CT molecular complexity index is 830. The molecule has 2 aliphatic rings. The summed E-state index contributed by atoms with van der Waals surface area (Å²) in [7, 11) is 0. The van der Waals surface area contributed by atoms with Gasteiger partial charge in [0.25, 0.3) is 5.92 Å². The van der Waals surface area contributed by atoms with Crippen LogP contribution in [0.15, 0.2) is 30.5 Å². The molecule has 2 aliphatic heterocycles. The number of likely N-dealkylation sites (tertiary alicyclic amines) is 1. The van der Waals surface area contributed by atoms with Crippen LogP contribution in [-0.2, 0) is 4.74 Å². The molecule has 0 radical (unpaired) electrons. The quantitative estimate of drug-likeness (QED) is 0.574. The third-order valence-electron chi connectivity index (χ3n) is 5.58. The smallest absolute Gasteiger partial charge is 0.262 e. The second-order valence-electron chi connectivity index (χ2n) is 7.43. The molecule has 7 nitrogen and oxygen atoms in total. The molecule has 0 unspecified atom stereocenters. The number of nitrogens with zero attached hydrogens (tertiary/aromatic N) is 2. The Morgan fingerprint density at radius 2 is 2.00 bits per heavy atom. The lowest BCUT2D eigenvalue weighted by atomic mass is 10.1. The minimum Gasteiger partial charge on any atom is -0.398 e. The first-order valence-corrected chi connectivity index (χ1v) is 8.99. The van der Waals surface area contributed by atoms with E-state index in [0.717, 1.165) is 10.9 Å². The molecule has 27 heavy (non-hydrogen) atoms. The summed E-state index contributed by atoms with van der Waals surface area (Å²) < 4.78 is 35.1. The second kappa shape index (κ2) is 6.68. The zero-order chi connectivity index (χ0) is 19.3. The van der Waals surface area contributed by atoms with E-state index in [1.165, 1.54) is 4.90 Å². The number of nitrogens with two attached hydrogens (primary N) is 2. The van der Waals surface area contributed by atoms with Crippen molar-refractivity contribution in [1.29, 1.82) is 0 Å². The molecule has 4 rings (SSSR count). The van der Waals surface area contributed by atoms with Gasteiger partial charge in [0.15, 0.2) is 6.23 Å². The van der Waals surface area contributed by atoms with Gasteiger partial charge in [-0.3, -0.25) is 4.90 Å². The van der Waals surface area contributed by atoms with Crippen molar-refractivity contribution in [3.8, 4) is 0 Å².